The van der Waals surface area contributed by atoms with Crippen molar-refractivity contribution >= 4 is 86.8 Å². The molecule has 18 nitrogen and oxygen atoms in total. The molecule has 4 N–H and O–H groups in total. The van der Waals surface area contributed by atoms with Gasteiger partial charge in [-0.3, -0.25) is 33.6 Å². The zero-order chi connectivity index (χ0) is 68.7. The lowest BCUT2D eigenvalue weighted by molar-refractivity contribution is -0.172. The Morgan fingerprint density at radius 1 is 0.490 bits per heavy atom. The minimum Gasteiger partial charge on any atom is -0.460 e. The number of aliphatic hydroxyl groups excluding tert-OH is 3. The second kappa shape index (κ2) is 24.3. The van der Waals surface area contributed by atoms with Crippen molar-refractivity contribution < 1.29 is 86.3 Å². The molecule has 0 spiro atoms. The Morgan fingerprint density at radius 3 is 1.23 bits per heavy atom. The molecule has 9 fully saturated rings. The number of hydrogen-bond donors (Lipinski definition) is 6. The SMILES string of the molecule is CC12C=CC(=O)C=C1CCC1C2[C@@H](O)CC2(C)C1CC[C@]2(O)C(=O)S.CC12C=CC(=O)C=C1CCC1C2[C@@H](O)CC2(C)C1CC[C@]2(OC(=O)c1ccco1)C(=O)S.CC12C=CC(=O)C=C1CCC1C2[C@@H](O)CC2(C)C1CC[C@]2(OC(=O)c1ccco1)C(=O)SC(=O)c1ccco1. The summed E-state index contributed by atoms with van der Waals surface area (Å²) < 4.78 is 27.7. The van der Waals surface area contributed by atoms with Crippen LogP contribution < -0.4 is 0 Å². The molecule has 12 aliphatic carbocycles. The number of carbonyl (C=O) groups is 9. The van der Waals surface area contributed by atoms with Gasteiger partial charge in [-0.25, -0.2) is 9.59 Å². The van der Waals surface area contributed by atoms with Crippen LogP contribution in [0.3, 0.4) is 0 Å². The van der Waals surface area contributed by atoms with Crippen LogP contribution >= 0.6 is 37.0 Å². The van der Waals surface area contributed by atoms with Gasteiger partial charge in [-0.05, 0) is 216 Å². The average molecular weight is 1370 g/mol. The van der Waals surface area contributed by atoms with Gasteiger partial charge in [0, 0.05) is 50.2 Å². The van der Waals surface area contributed by atoms with Gasteiger partial charge in [0.15, 0.2) is 34.3 Å². The second-order valence-electron chi connectivity index (χ2n) is 30.8. The Balaban J connectivity index is 0.000000133. The summed E-state index contributed by atoms with van der Waals surface area (Å²) >= 11 is 8.63. The third-order valence-electron chi connectivity index (χ3n) is 26.8. The summed E-state index contributed by atoms with van der Waals surface area (Å²) in [5, 5.41) is 43.3. The van der Waals surface area contributed by atoms with Crippen molar-refractivity contribution in [2.75, 3.05) is 0 Å². The van der Waals surface area contributed by atoms with Crippen molar-refractivity contribution in [2.24, 2.45) is 85.8 Å². The number of esters is 2. The van der Waals surface area contributed by atoms with Crippen molar-refractivity contribution in [1.82, 2.24) is 0 Å². The van der Waals surface area contributed by atoms with E-state index >= 15 is 0 Å². The summed E-state index contributed by atoms with van der Waals surface area (Å²) in [6.07, 6.45) is 26.6. The van der Waals surface area contributed by atoms with E-state index in [0.717, 1.165) is 55.2 Å². The number of carbonyl (C=O) groups excluding carboxylic acids is 9. The van der Waals surface area contributed by atoms with Gasteiger partial charge < -0.3 is 43.2 Å². The van der Waals surface area contributed by atoms with Gasteiger partial charge in [0.25, 0.3) is 5.12 Å². The summed E-state index contributed by atoms with van der Waals surface area (Å²) in [6, 6.07) is 9.17. The van der Waals surface area contributed by atoms with Crippen molar-refractivity contribution in [2.45, 2.75) is 173 Å². The van der Waals surface area contributed by atoms with Gasteiger partial charge in [0.05, 0.1) is 37.1 Å². The van der Waals surface area contributed by atoms with Crippen LogP contribution in [-0.4, -0.2) is 105 Å². The smallest absolute Gasteiger partial charge is 0.375 e. The highest BCUT2D eigenvalue weighted by Gasteiger charge is 2.73. The van der Waals surface area contributed by atoms with E-state index in [1.54, 1.807) is 54.7 Å². The van der Waals surface area contributed by atoms with Crippen LogP contribution in [0.5, 0.6) is 0 Å². The first-order chi connectivity index (χ1) is 45.3. The van der Waals surface area contributed by atoms with E-state index in [0.29, 0.717) is 56.7 Å². The van der Waals surface area contributed by atoms with Crippen molar-refractivity contribution in [3.63, 3.8) is 0 Å². The molecular formula is C75H84O18S3. The monoisotopic (exact) mass is 1370 g/mol. The molecule has 9 saturated carbocycles. The molecule has 510 valence electrons. The van der Waals surface area contributed by atoms with Gasteiger partial charge in [-0.1, -0.05) is 76.5 Å². The van der Waals surface area contributed by atoms with E-state index in [1.807, 2.05) is 39.0 Å². The van der Waals surface area contributed by atoms with Gasteiger partial charge in [0.1, 0.15) is 5.60 Å². The van der Waals surface area contributed by atoms with Gasteiger partial charge in [0.2, 0.25) is 26.9 Å². The van der Waals surface area contributed by atoms with Gasteiger partial charge in [-0.2, -0.15) is 0 Å². The quantitative estimate of drug-likeness (QED) is 0.0902. The number of aliphatic hydroxyl groups is 4. The first-order valence-corrected chi connectivity index (χ1v) is 35.5. The van der Waals surface area contributed by atoms with Crippen LogP contribution in [0, 0.1) is 85.8 Å². The average Bonchev–Trinajstić information content (AvgIpc) is 1.42. The molecule has 96 heavy (non-hydrogen) atoms. The van der Waals surface area contributed by atoms with Crippen LogP contribution in [0.15, 0.2) is 140 Å². The first kappa shape index (κ1) is 68.3. The lowest BCUT2D eigenvalue weighted by Crippen LogP contribution is -2.62. The molecule has 0 radical (unpaired) electrons. The topological polar surface area (TPSA) is 292 Å². The summed E-state index contributed by atoms with van der Waals surface area (Å²) in [5.74, 6) is -1.03. The van der Waals surface area contributed by atoms with Gasteiger partial charge >= 0.3 is 11.9 Å². The molecule has 0 amide bonds. The lowest BCUT2D eigenvalue weighted by atomic mass is 9.46. The molecule has 3 heterocycles. The Morgan fingerprint density at radius 2 is 0.844 bits per heavy atom. The highest BCUT2D eigenvalue weighted by molar-refractivity contribution is 8.26. The summed E-state index contributed by atoms with van der Waals surface area (Å²) in [4.78, 5) is 114. The fraction of sp³-hybridized carbons (Fsp3) is 0.560. The molecule has 21 atom stereocenters. The molecule has 15 rings (SSSR count). The van der Waals surface area contributed by atoms with E-state index in [9.17, 15) is 63.6 Å². The number of ketones is 3. The molecule has 15 unspecified atom stereocenters. The third-order valence-corrected chi connectivity index (χ3v) is 28.4. The zero-order valence-electron chi connectivity index (χ0n) is 54.7. The molecule has 12 aliphatic rings. The van der Waals surface area contributed by atoms with Crippen molar-refractivity contribution in [3.8, 4) is 0 Å². The normalized spacial score (nSPS) is 42.5. The number of ether oxygens (including phenoxy) is 2. The highest BCUT2D eigenvalue weighted by Crippen LogP contribution is 2.72. The number of hydrogen-bond acceptors (Lipinski definition) is 19. The van der Waals surface area contributed by atoms with E-state index in [1.165, 1.54) is 37.0 Å². The second-order valence-corrected chi connectivity index (χ2v) is 32.5. The lowest BCUT2D eigenvalue weighted by Gasteiger charge is -2.59. The van der Waals surface area contributed by atoms with E-state index < -0.39 is 94.6 Å². The number of furan rings is 3. The molecule has 3 aromatic rings. The van der Waals surface area contributed by atoms with E-state index in [-0.39, 0.29) is 106 Å². The number of thiol groups is 2. The van der Waals surface area contributed by atoms with E-state index in [2.05, 4.69) is 46.0 Å². The number of fused-ring (bicyclic) bond motifs is 15. The fourth-order valence-electron chi connectivity index (χ4n) is 22.2. The molecule has 0 aromatic carbocycles. The van der Waals surface area contributed by atoms with E-state index in [4.69, 9.17) is 22.7 Å². The number of rotatable bonds is 8. The Hall–Kier alpha value is -6.20. The maximum atomic E-state index is 14.1. The molecular weight excluding hydrogens is 1290 g/mol. The standard InChI is InChI=1S/C30H30O8S.C25H28O6S.C20H26O4S/c1-28-11-9-18(31)15-17(28)7-8-19-20-10-12-30(29(20,2)16-21(32)24(19)28,38-25(33)22-5-3-13-36-22)27(35)39-26(34)23-6-4-14-37-23;1-23-9-7-15(26)12-14(23)5-6-16-17-8-10-25(22(29)32,24(17,2)13-18(27)20(16)23)31-21(28)19-4-3-11-30-19;1-18-7-5-12(21)9-11(18)3-4-13-14-6-8-20(24,17(23)25)19(14,2)10-15(22)16(13)18/h3-6,9,11,13-15,19-21,24,32H,7-8,10,12,16H2,1-2H3;3-4,7,9,11-12,16-18,20,27H,5-6,8,10,13H2,1-2H3,(H,29,32);5,7,9,13-16,22,24H,3-4,6,8,10H2,1-2H3,(H,23,25)/t19?,20?,21-,24?,28?,29?,30-;16?,17?,18-,20?,23?,24?,25-;13?,14?,15-,16?,18?,19?,20-/m000/s1. The predicted octanol–water partition coefficient (Wildman–Crippen LogP) is 11.5. The number of thioether (sulfide) groups is 1. The maximum Gasteiger partial charge on any atom is 0.375 e. The van der Waals surface area contributed by atoms with Crippen LogP contribution in [-0.2, 0) is 38.2 Å². The predicted molar refractivity (Wildman–Crippen MR) is 356 cm³/mol. The van der Waals surface area contributed by atoms with Gasteiger partial charge in [-0.15, -0.1) is 25.3 Å². The highest BCUT2D eigenvalue weighted by atomic mass is 32.2. The minimum absolute atomic E-state index is 0.00328. The van der Waals surface area contributed by atoms with Crippen molar-refractivity contribution in [3.05, 3.63) is 144 Å². The molecule has 21 heteroatoms. The summed E-state index contributed by atoms with van der Waals surface area (Å²) in [6.45, 7) is 12.1. The summed E-state index contributed by atoms with van der Waals surface area (Å²) in [7, 11) is 0. The molecule has 0 aliphatic heterocycles. The Bertz CT molecular complexity index is 3910. The summed E-state index contributed by atoms with van der Waals surface area (Å²) in [5.41, 5.74) is -4.82. The maximum absolute atomic E-state index is 14.1. The van der Waals surface area contributed by atoms with Crippen LogP contribution in [0.25, 0.3) is 0 Å². The zero-order valence-corrected chi connectivity index (χ0v) is 57.3. The Kier molecular flexibility index (Phi) is 17.3. The van der Waals surface area contributed by atoms with Crippen LogP contribution in [0.2, 0.25) is 0 Å². The molecule has 0 saturated heterocycles. The largest absolute Gasteiger partial charge is 0.460 e. The first-order valence-electron chi connectivity index (χ1n) is 33.7. The number of allylic oxidation sites excluding steroid dienone is 12. The fourth-order valence-corrected chi connectivity index (χ4v) is 23.9. The van der Waals surface area contributed by atoms with Crippen molar-refractivity contribution in [1.29, 1.82) is 0 Å². The third kappa shape index (κ3) is 10.3. The molecule has 0 bridgehead atoms. The Labute approximate surface area is 572 Å². The van der Waals surface area contributed by atoms with Crippen LogP contribution in [0.4, 0.5) is 0 Å². The van der Waals surface area contributed by atoms with Crippen LogP contribution in [0.1, 0.15) is 170 Å². The molecule has 3 aromatic heterocycles. The minimum atomic E-state index is -1.66.